The fourth-order valence-electron chi connectivity index (χ4n) is 3.68. The Morgan fingerprint density at radius 3 is 2.72 bits per heavy atom. The first-order valence-electron chi connectivity index (χ1n) is 10.4. The molecule has 1 aromatic carbocycles. The number of aromatic nitrogens is 2. The number of fused-ring (bicyclic) bond motifs is 1. The molecular weight excluding hydrogens is 437 g/mol. The molecule has 0 spiro atoms. The first-order chi connectivity index (χ1) is 15.4. The van der Waals surface area contributed by atoms with Crippen molar-refractivity contribution in [3.63, 3.8) is 0 Å². The van der Waals surface area contributed by atoms with E-state index in [0.717, 1.165) is 40.5 Å². The smallest absolute Gasteiger partial charge is 0.352 e. The van der Waals surface area contributed by atoms with Gasteiger partial charge in [-0.15, -0.1) is 11.3 Å². The molecule has 1 aliphatic heterocycles. The van der Waals surface area contributed by atoms with Gasteiger partial charge in [-0.3, -0.25) is 10.6 Å². The van der Waals surface area contributed by atoms with E-state index in [1.54, 1.807) is 6.07 Å². The molecule has 6 nitrogen and oxygen atoms in total. The standard InChI is InChI=1S/C22H25F3N6S/c1-3-27-20(26-2)30-21-29-18(13-32-21)17-5-4-6-19(28-17)31-10-9-14-7-8-16(22(23,24)25)11-15(14)12-31/h4-8,11,13,20,26-27H,3,9-10,12H2,1-2H3,(H,29,30). The minimum absolute atomic E-state index is 0.0895. The highest BCUT2D eigenvalue weighted by atomic mass is 32.1. The first-order valence-corrected chi connectivity index (χ1v) is 11.3. The van der Waals surface area contributed by atoms with Crippen molar-refractivity contribution in [2.45, 2.75) is 32.4 Å². The molecule has 170 valence electrons. The summed E-state index contributed by atoms with van der Waals surface area (Å²) in [5.41, 5.74) is 2.52. The van der Waals surface area contributed by atoms with Crippen molar-refractivity contribution in [2.75, 3.05) is 30.4 Å². The monoisotopic (exact) mass is 462 g/mol. The molecule has 0 bridgehead atoms. The molecule has 1 atom stereocenters. The van der Waals surface area contributed by atoms with Gasteiger partial charge in [-0.25, -0.2) is 9.97 Å². The van der Waals surface area contributed by atoms with Gasteiger partial charge in [0.15, 0.2) is 5.13 Å². The number of halogens is 3. The number of nitrogens with zero attached hydrogens (tertiary/aromatic N) is 3. The number of hydrogen-bond donors (Lipinski definition) is 3. The summed E-state index contributed by atoms with van der Waals surface area (Å²) in [6.07, 6.45) is -3.75. The Balaban J connectivity index is 1.52. The van der Waals surface area contributed by atoms with Gasteiger partial charge in [-0.05, 0) is 55.4 Å². The molecule has 3 N–H and O–H groups in total. The zero-order chi connectivity index (χ0) is 22.7. The summed E-state index contributed by atoms with van der Waals surface area (Å²) in [6, 6.07) is 9.69. The van der Waals surface area contributed by atoms with Gasteiger partial charge >= 0.3 is 6.18 Å². The Morgan fingerprint density at radius 2 is 1.97 bits per heavy atom. The molecule has 0 saturated carbocycles. The van der Waals surface area contributed by atoms with Crippen LogP contribution in [0.25, 0.3) is 11.4 Å². The highest BCUT2D eigenvalue weighted by Crippen LogP contribution is 2.33. The molecule has 32 heavy (non-hydrogen) atoms. The normalized spacial score (nSPS) is 14.8. The molecule has 0 aliphatic carbocycles. The van der Waals surface area contributed by atoms with Crippen LogP contribution >= 0.6 is 11.3 Å². The minimum atomic E-state index is -4.34. The van der Waals surface area contributed by atoms with Crippen LogP contribution in [0.5, 0.6) is 0 Å². The second kappa shape index (κ2) is 9.43. The van der Waals surface area contributed by atoms with Crippen molar-refractivity contribution in [3.05, 3.63) is 58.5 Å². The van der Waals surface area contributed by atoms with Gasteiger partial charge in [0.2, 0.25) is 0 Å². The van der Waals surface area contributed by atoms with Crippen molar-refractivity contribution in [2.24, 2.45) is 0 Å². The van der Waals surface area contributed by atoms with Gasteiger partial charge in [0.25, 0.3) is 0 Å². The second-order valence-corrected chi connectivity index (χ2v) is 8.35. The molecule has 3 aromatic rings. The molecule has 0 amide bonds. The molecule has 2 aromatic heterocycles. The molecule has 4 rings (SSSR count). The zero-order valence-electron chi connectivity index (χ0n) is 17.8. The molecule has 1 unspecified atom stereocenters. The number of benzene rings is 1. The van der Waals surface area contributed by atoms with E-state index in [-0.39, 0.29) is 6.29 Å². The van der Waals surface area contributed by atoms with Crippen molar-refractivity contribution >= 4 is 22.3 Å². The Hall–Kier alpha value is -2.69. The number of thiazole rings is 1. The number of alkyl halides is 3. The number of pyridine rings is 1. The summed E-state index contributed by atoms with van der Waals surface area (Å²) in [5, 5.41) is 12.4. The predicted molar refractivity (Wildman–Crippen MR) is 122 cm³/mol. The molecule has 3 heterocycles. The zero-order valence-corrected chi connectivity index (χ0v) is 18.6. The van der Waals surface area contributed by atoms with Crippen LogP contribution in [-0.4, -0.2) is 36.4 Å². The van der Waals surface area contributed by atoms with E-state index in [9.17, 15) is 13.2 Å². The van der Waals surface area contributed by atoms with E-state index >= 15 is 0 Å². The molecule has 0 saturated heterocycles. The Bertz CT molecular complexity index is 1070. The lowest BCUT2D eigenvalue weighted by molar-refractivity contribution is -0.137. The quantitative estimate of drug-likeness (QED) is 0.455. The van der Waals surface area contributed by atoms with Crippen LogP contribution in [0.15, 0.2) is 41.8 Å². The van der Waals surface area contributed by atoms with Gasteiger partial charge in [0, 0.05) is 18.5 Å². The van der Waals surface area contributed by atoms with Gasteiger partial charge < -0.3 is 10.2 Å². The summed E-state index contributed by atoms with van der Waals surface area (Å²) in [7, 11) is 1.86. The van der Waals surface area contributed by atoms with Crippen molar-refractivity contribution < 1.29 is 13.2 Å². The molecular formula is C22H25F3N6S. The van der Waals surface area contributed by atoms with Crippen molar-refractivity contribution in [3.8, 4) is 11.4 Å². The summed E-state index contributed by atoms with van der Waals surface area (Å²) < 4.78 is 39.4. The van der Waals surface area contributed by atoms with Crippen LogP contribution in [0.2, 0.25) is 0 Å². The third-order valence-electron chi connectivity index (χ3n) is 5.34. The van der Waals surface area contributed by atoms with Crippen LogP contribution in [0.4, 0.5) is 24.1 Å². The molecule has 0 radical (unpaired) electrons. The number of nitrogens with one attached hydrogen (secondary N) is 3. The number of rotatable bonds is 7. The van der Waals surface area contributed by atoms with E-state index in [4.69, 9.17) is 4.98 Å². The lowest BCUT2D eigenvalue weighted by Crippen LogP contribution is -2.46. The van der Waals surface area contributed by atoms with Crippen LogP contribution in [0.1, 0.15) is 23.6 Å². The number of hydrogen-bond acceptors (Lipinski definition) is 7. The first kappa shape index (κ1) is 22.5. The predicted octanol–water partition coefficient (Wildman–Crippen LogP) is 4.31. The third kappa shape index (κ3) is 5.03. The fourth-order valence-corrected chi connectivity index (χ4v) is 4.42. The SMILES string of the molecule is CCNC(NC)Nc1nc(-c2cccc(N3CCc4ccc(C(F)(F)F)cc4C3)n2)cs1. The van der Waals surface area contributed by atoms with Crippen LogP contribution in [-0.2, 0) is 19.1 Å². The van der Waals surface area contributed by atoms with Crippen LogP contribution < -0.4 is 20.9 Å². The Kier molecular flexibility index (Phi) is 6.63. The number of anilines is 2. The third-order valence-corrected chi connectivity index (χ3v) is 6.11. The lowest BCUT2D eigenvalue weighted by atomic mass is 9.97. The van der Waals surface area contributed by atoms with Gasteiger partial charge in [-0.1, -0.05) is 19.1 Å². The summed E-state index contributed by atoms with van der Waals surface area (Å²) in [5.74, 6) is 0.730. The summed E-state index contributed by atoms with van der Waals surface area (Å²) in [6.45, 7) is 3.93. The molecule has 1 aliphatic rings. The van der Waals surface area contributed by atoms with E-state index in [0.29, 0.717) is 25.1 Å². The maximum Gasteiger partial charge on any atom is 0.416 e. The maximum atomic E-state index is 13.1. The maximum absolute atomic E-state index is 13.1. The Morgan fingerprint density at radius 1 is 1.12 bits per heavy atom. The molecule has 0 fully saturated rings. The summed E-state index contributed by atoms with van der Waals surface area (Å²) in [4.78, 5) is 11.4. The largest absolute Gasteiger partial charge is 0.416 e. The van der Waals surface area contributed by atoms with E-state index < -0.39 is 11.7 Å². The van der Waals surface area contributed by atoms with Crippen LogP contribution in [0.3, 0.4) is 0 Å². The van der Waals surface area contributed by atoms with E-state index in [1.165, 1.54) is 17.4 Å². The minimum Gasteiger partial charge on any atom is -0.352 e. The lowest BCUT2D eigenvalue weighted by Gasteiger charge is -2.30. The van der Waals surface area contributed by atoms with Gasteiger partial charge in [-0.2, -0.15) is 13.2 Å². The molecule has 10 heteroatoms. The van der Waals surface area contributed by atoms with Crippen molar-refractivity contribution in [1.29, 1.82) is 0 Å². The Labute approximate surface area is 188 Å². The fraction of sp³-hybridized carbons (Fsp3) is 0.364. The van der Waals surface area contributed by atoms with Crippen LogP contribution in [0, 0.1) is 0 Å². The highest BCUT2D eigenvalue weighted by Gasteiger charge is 2.31. The second-order valence-electron chi connectivity index (χ2n) is 7.50. The topological polar surface area (TPSA) is 65.1 Å². The highest BCUT2D eigenvalue weighted by molar-refractivity contribution is 7.14. The van der Waals surface area contributed by atoms with E-state index in [2.05, 4.69) is 20.9 Å². The average molecular weight is 463 g/mol. The van der Waals surface area contributed by atoms with Crippen molar-refractivity contribution in [1.82, 2.24) is 20.6 Å². The van der Waals surface area contributed by atoms with Gasteiger partial charge in [0.05, 0.1) is 11.3 Å². The van der Waals surface area contributed by atoms with Gasteiger partial charge in [0.1, 0.15) is 17.8 Å². The van der Waals surface area contributed by atoms with E-state index in [1.807, 2.05) is 42.5 Å². The average Bonchev–Trinajstić information content (AvgIpc) is 3.26. The summed E-state index contributed by atoms with van der Waals surface area (Å²) >= 11 is 1.49.